The summed E-state index contributed by atoms with van der Waals surface area (Å²) in [5, 5.41) is 3.23. The van der Waals surface area contributed by atoms with Crippen molar-refractivity contribution in [2.24, 2.45) is 0 Å². The van der Waals surface area contributed by atoms with Crippen LogP contribution in [0.1, 0.15) is 5.56 Å². The van der Waals surface area contributed by atoms with Crippen LogP contribution in [0.15, 0.2) is 48.5 Å². The van der Waals surface area contributed by atoms with Gasteiger partial charge < -0.3 is 5.32 Å². The fourth-order valence-electron chi connectivity index (χ4n) is 1.73. The molecule has 0 unspecified atom stereocenters. The summed E-state index contributed by atoms with van der Waals surface area (Å²) in [4.78, 5) is 0. The lowest BCUT2D eigenvalue weighted by Crippen LogP contribution is -1.92. The molecule has 0 atom stereocenters. The Morgan fingerprint density at radius 2 is 1.67 bits per heavy atom. The van der Waals surface area contributed by atoms with Gasteiger partial charge in [0.1, 0.15) is 0 Å². The van der Waals surface area contributed by atoms with Crippen LogP contribution in [-0.4, -0.2) is 7.05 Å². The molecule has 0 fully saturated rings. The molecule has 0 aromatic heterocycles. The van der Waals surface area contributed by atoms with Gasteiger partial charge in [-0.2, -0.15) is 0 Å². The maximum Gasteiger partial charge on any atom is 0.0419 e. The molecule has 76 valence electrons. The maximum atomic E-state index is 3.23. The Balaban J connectivity index is 2.53. The van der Waals surface area contributed by atoms with E-state index in [1.165, 1.54) is 22.4 Å². The molecule has 15 heavy (non-hydrogen) atoms. The second-order valence-corrected chi connectivity index (χ2v) is 3.67. The molecule has 1 N–H and O–H groups in total. The summed E-state index contributed by atoms with van der Waals surface area (Å²) in [6.45, 7) is 2.11. The number of aryl methyl sites for hydroxylation is 1. The zero-order valence-electron chi connectivity index (χ0n) is 9.12. The van der Waals surface area contributed by atoms with Crippen LogP contribution in [0.4, 0.5) is 5.69 Å². The highest BCUT2D eigenvalue weighted by Crippen LogP contribution is 2.28. The van der Waals surface area contributed by atoms with E-state index in [9.17, 15) is 0 Å². The third-order valence-electron chi connectivity index (χ3n) is 2.53. The van der Waals surface area contributed by atoms with Gasteiger partial charge >= 0.3 is 0 Å². The van der Waals surface area contributed by atoms with Crippen molar-refractivity contribution in [1.82, 2.24) is 0 Å². The van der Waals surface area contributed by atoms with Gasteiger partial charge in [0.2, 0.25) is 0 Å². The summed E-state index contributed by atoms with van der Waals surface area (Å²) >= 11 is 0. The van der Waals surface area contributed by atoms with Crippen LogP contribution in [0.2, 0.25) is 0 Å². The molecule has 0 radical (unpaired) electrons. The van der Waals surface area contributed by atoms with Crippen LogP contribution in [0.5, 0.6) is 0 Å². The maximum absolute atomic E-state index is 3.23. The molecular weight excluding hydrogens is 182 g/mol. The Hall–Kier alpha value is -1.76. The van der Waals surface area contributed by atoms with Crippen molar-refractivity contribution in [2.45, 2.75) is 6.92 Å². The number of hydrogen-bond acceptors (Lipinski definition) is 1. The standard InChI is InChI=1S/C14H15N/c1-11-8-9-13(14(10-11)15-2)12-6-4-3-5-7-12/h3-10,15H,1-2H3. The second kappa shape index (κ2) is 4.18. The predicted octanol–water partition coefficient (Wildman–Crippen LogP) is 3.70. The first kappa shape index (κ1) is 9.78. The van der Waals surface area contributed by atoms with Crippen molar-refractivity contribution in [1.29, 1.82) is 0 Å². The van der Waals surface area contributed by atoms with Gasteiger partial charge in [0.25, 0.3) is 0 Å². The minimum Gasteiger partial charge on any atom is -0.388 e. The SMILES string of the molecule is CNc1cc(C)ccc1-c1ccccc1. The van der Waals surface area contributed by atoms with Crippen molar-refractivity contribution < 1.29 is 0 Å². The van der Waals surface area contributed by atoms with Crippen LogP contribution in [-0.2, 0) is 0 Å². The van der Waals surface area contributed by atoms with E-state index in [-0.39, 0.29) is 0 Å². The quantitative estimate of drug-likeness (QED) is 0.774. The first-order chi connectivity index (χ1) is 7.31. The Kier molecular flexibility index (Phi) is 2.72. The van der Waals surface area contributed by atoms with Crippen molar-refractivity contribution in [3.8, 4) is 11.1 Å². The number of hydrogen-bond donors (Lipinski definition) is 1. The van der Waals surface area contributed by atoms with E-state index in [4.69, 9.17) is 0 Å². The number of rotatable bonds is 2. The molecule has 0 saturated heterocycles. The second-order valence-electron chi connectivity index (χ2n) is 3.67. The molecule has 2 rings (SSSR count). The molecule has 2 aromatic rings. The molecule has 0 heterocycles. The molecule has 0 aliphatic heterocycles. The van der Waals surface area contributed by atoms with Gasteiger partial charge in [0.15, 0.2) is 0 Å². The van der Waals surface area contributed by atoms with E-state index in [2.05, 4.69) is 54.7 Å². The van der Waals surface area contributed by atoms with E-state index >= 15 is 0 Å². The van der Waals surface area contributed by atoms with Crippen molar-refractivity contribution in [3.63, 3.8) is 0 Å². The van der Waals surface area contributed by atoms with Gasteiger partial charge in [-0.3, -0.25) is 0 Å². The summed E-state index contributed by atoms with van der Waals surface area (Å²) in [5.41, 5.74) is 4.96. The number of anilines is 1. The van der Waals surface area contributed by atoms with Gasteiger partial charge in [-0.25, -0.2) is 0 Å². The average Bonchev–Trinajstić information content (AvgIpc) is 2.30. The molecule has 0 spiro atoms. The highest BCUT2D eigenvalue weighted by Gasteiger charge is 2.02. The Bertz CT molecular complexity index is 446. The van der Waals surface area contributed by atoms with Gasteiger partial charge in [0.05, 0.1) is 0 Å². The summed E-state index contributed by atoms with van der Waals surface area (Å²) in [6.07, 6.45) is 0. The minimum absolute atomic E-state index is 1.18. The highest BCUT2D eigenvalue weighted by atomic mass is 14.8. The first-order valence-electron chi connectivity index (χ1n) is 5.15. The minimum atomic E-state index is 1.18. The Morgan fingerprint density at radius 3 is 2.33 bits per heavy atom. The first-order valence-corrected chi connectivity index (χ1v) is 5.15. The van der Waals surface area contributed by atoms with Crippen LogP contribution in [0.25, 0.3) is 11.1 Å². The monoisotopic (exact) mass is 197 g/mol. The van der Waals surface area contributed by atoms with Gasteiger partial charge in [-0.05, 0) is 24.1 Å². The molecule has 0 amide bonds. The van der Waals surface area contributed by atoms with E-state index < -0.39 is 0 Å². The molecule has 0 aliphatic rings. The summed E-state index contributed by atoms with van der Waals surface area (Å²) in [5.74, 6) is 0. The summed E-state index contributed by atoms with van der Waals surface area (Å²) in [7, 11) is 1.96. The highest BCUT2D eigenvalue weighted by molar-refractivity contribution is 5.78. The molecule has 0 bridgehead atoms. The van der Waals surface area contributed by atoms with Gasteiger partial charge in [-0.1, -0.05) is 42.5 Å². The Morgan fingerprint density at radius 1 is 0.933 bits per heavy atom. The molecule has 0 aliphatic carbocycles. The van der Waals surface area contributed by atoms with Crippen LogP contribution < -0.4 is 5.32 Å². The third kappa shape index (κ3) is 2.01. The Labute approximate surface area is 90.8 Å². The van der Waals surface area contributed by atoms with E-state index in [0.717, 1.165) is 0 Å². The van der Waals surface area contributed by atoms with Crippen LogP contribution in [0, 0.1) is 6.92 Å². The number of nitrogens with one attached hydrogen (secondary N) is 1. The smallest absolute Gasteiger partial charge is 0.0419 e. The lowest BCUT2D eigenvalue weighted by molar-refractivity contribution is 1.42. The molecule has 2 aromatic carbocycles. The van der Waals surface area contributed by atoms with Crippen molar-refractivity contribution in [3.05, 3.63) is 54.1 Å². The summed E-state index contributed by atoms with van der Waals surface area (Å²) in [6, 6.07) is 16.9. The lowest BCUT2D eigenvalue weighted by Gasteiger charge is -2.10. The molecule has 1 heteroatoms. The molecule has 0 saturated carbocycles. The largest absolute Gasteiger partial charge is 0.388 e. The zero-order chi connectivity index (χ0) is 10.7. The number of benzene rings is 2. The van der Waals surface area contributed by atoms with E-state index in [1.807, 2.05) is 13.1 Å². The van der Waals surface area contributed by atoms with Crippen molar-refractivity contribution >= 4 is 5.69 Å². The normalized spacial score (nSPS) is 10.0. The summed E-state index contributed by atoms with van der Waals surface area (Å²) < 4.78 is 0. The van der Waals surface area contributed by atoms with Crippen LogP contribution >= 0.6 is 0 Å². The predicted molar refractivity (Wildman–Crippen MR) is 66.2 cm³/mol. The van der Waals surface area contributed by atoms with E-state index in [1.54, 1.807) is 0 Å². The zero-order valence-corrected chi connectivity index (χ0v) is 9.12. The average molecular weight is 197 g/mol. The van der Waals surface area contributed by atoms with Crippen molar-refractivity contribution in [2.75, 3.05) is 12.4 Å². The topological polar surface area (TPSA) is 12.0 Å². The van der Waals surface area contributed by atoms with E-state index in [0.29, 0.717) is 0 Å². The molecular formula is C14H15N. The lowest BCUT2D eigenvalue weighted by atomic mass is 10.0. The third-order valence-corrected chi connectivity index (χ3v) is 2.53. The van der Waals surface area contributed by atoms with Crippen LogP contribution in [0.3, 0.4) is 0 Å². The van der Waals surface area contributed by atoms with Gasteiger partial charge in [0, 0.05) is 18.3 Å². The fourth-order valence-corrected chi connectivity index (χ4v) is 1.73. The van der Waals surface area contributed by atoms with Gasteiger partial charge in [-0.15, -0.1) is 0 Å². The molecule has 1 nitrogen and oxygen atoms in total. The fraction of sp³-hybridized carbons (Fsp3) is 0.143.